The van der Waals surface area contributed by atoms with Crippen molar-refractivity contribution in [1.82, 2.24) is 15.5 Å². The summed E-state index contributed by atoms with van der Waals surface area (Å²) in [6, 6.07) is -0.0338. The Balaban J connectivity index is 4.46. The van der Waals surface area contributed by atoms with Gasteiger partial charge in [-0.25, -0.2) is 13.2 Å². The molecule has 0 aliphatic carbocycles. The molecule has 0 aromatic carbocycles. The van der Waals surface area contributed by atoms with Gasteiger partial charge in [-0.05, 0) is 40.5 Å². The van der Waals surface area contributed by atoms with E-state index in [4.69, 9.17) is 4.74 Å². The molecule has 0 bridgehead atoms. The number of rotatable bonds is 9. The fraction of sp³-hybridized carbons (Fsp3) is 0.882. The third kappa shape index (κ3) is 12.8. The summed E-state index contributed by atoms with van der Waals surface area (Å²) in [5.41, 5.74) is -0.525. The molecule has 8 nitrogen and oxygen atoms in total. The van der Waals surface area contributed by atoms with Crippen LogP contribution in [0, 0.1) is 0 Å². The van der Waals surface area contributed by atoms with E-state index in [1.807, 2.05) is 34.6 Å². The highest BCUT2D eigenvalue weighted by Crippen LogP contribution is 2.10. The Morgan fingerprint density at radius 2 is 1.88 bits per heavy atom. The Hall–Kier alpha value is -1.51. The lowest BCUT2D eigenvalue weighted by Crippen LogP contribution is -2.46. The van der Waals surface area contributed by atoms with E-state index in [2.05, 4.69) is 15.6 Å². The molecule has 0 rings (SSSR count). The zero-order valence-electron chi connectivity index (χ0n) is 17.3. The van der Waals surface area contributed by atoms with Gasteiger partial charge in [-0.2, -0.15) is 0 Å². The molecule has 0 saturated heterocycles. The van der Waals surface area contributed by atoms with Crippen molar-refractivity contribution in [3.05, 3.63) is 0 Å². The Kier molecular flexibility index (Phi) is 10.6. The maximum Gasteiger partial charge on any atom is 0.410 e. The molecule has 0 aromatic heterocycles. The van der Waals surface area contributed by atoms with Gasteiger partial charge in [0.25, 0.3) is 0 Å². The predicted molar refractivity (Wildman–Crippen MR) is 106 cm³/mol. The number of hydrogen-bond acceptors (Lipinski definition) is 5. The number of ether oxygens (including phenoxy) is 1. The number of nitrogens with zero attached hydrogens (tertiary/aromatic N) is 2. The zero-order valence-corrected chi connectivity index (χ0v) is 18.1. The van der Waals surface area contributed by atoms with E-state index in [0.717, 1.165) is 6.42 Å². The number of carbonyl (C=O) groups is 1. The second kappa shape index (κ2) is 11.3. The third-order valence-corrected chi connectivity index (χ3v) is 4.33. The van der Waals surface area contributed by atoms with Crippen molar-refractivity contribution < 1.29 is 17.9 Å². The van der Waals surface area contributed by atoms with Gasteiger partial charge in [-0.3, -0.25) is 4.99 Å². The number of hydrogen-bond donors (Lipinski definition) is 2. The van der Waals surface area contributed by atoms with Gasteiger partial charge in [0, 0.05) is 39.0 Å². The lowest BCUT2D eigenvalue weighted by molar-refractivity contribution is 0.0253. The maximum absolute atomic E-state index is 12.2. The van der Waals surface area contributed by atoms with E-state index < -0.39 is 15.4 Å². The van der Waals surface area contributed by atoms with E-state index in [-0.39, 0.29) is 17.9 Å². The first kappa shape index (κ1) is 24.5. The first-order valence-electron chi connectivity index (χ1n) is 9.00. The molecule has 9 heteroatoms. The number of carbonyl (C=O) groups excluding carboxylic acids is 1. The van der Waals surface area contributed by atoms with Crippen LogP contribution in [0.2, 0.25) is 0 Å². The van der Waals surface area contributed by atoms with Gasteiger partial charge in [0.2, 0.25) is 0 Å². The van der Waals surface area contributed by atoms with Crippen molar-refractivity contribution in [3.8, 4) is 0 Å². The molecule has 2 N–H and O–H groups in total. The molecular weight excluding hydrogens is 356 g/mol. The summed E-state index contributed by atoms with van der Waals surface area (Å²) in [6.45, 7) is 11.1. The van der Waals surface area contributed by atoms with Gasteiger partial charge in [-0.15, -0.1) is 0 Å². The number of nitrogens with one attached hydrogen (secondary N) is 2. The Labute approximate surface area is 158 Å². The predicted octanol–water partition coefficient (Wildman–Crippen LogP) is 1.62. The van der Waals surface area contributed by atoms with Gasteiger partial charge < -0.3 is 20.3 Å². The summed E-state index contributed by atoms with van der Waals surface area (Å²) in [4.78, 5) is 18.0. The van der Waals surface area contributed by atoms with Gasteiger partial charge in [0.05, 0.1) is 5.75 Å². The zero-order chi connectivity index (χ0) is 20.4. The minimum absolute atomic E-state index is 0.0338. The van der Waals surface area contributed by atoms with Crippen LogP contribution < -0.4 is 10.6 Å². The first-order valence-corrected chi connectivity index (χ1v) is 11.1. The highest BCUT2D eigenvalue weighted by atomic mass is 32.2. The van der Waals surface area contributed by atoms with Crippen molar-refractivity contribution in [2.75, 3.05) is 38.7 Å². The van der Waals surface area contributed by atoms with E-state index in [0.29, 0.717) is 32.0 Å². The lowest BCUT2D eigenvalue weighted by Gasteiger charge is -2.27. The van der Waals surface area contributed by atoms with Crippen LogP contribution in [-0.4, -0.2) is 75.7 Å². The highest BCUT2D eigenvalue weighted by molar-refractivity contribution is 7.90. The first-order chi connectivity index (χ1) is 11.9. The van der Waals surface area contributed by atoms with Crippen LogP contribution in [0.15, 0.2) is 4.99 Å². The molecule has 1 amide bonds. The average Bonchev–Trinajstić information content (AvgIpc) is 2.48. The van der Waals surface area contributed by atoms with E-state index in [9.17, 15) is 13.2 Å². The third-order valence-electron chi connectivity index (χ3n) is 3.35. The van der Waals surface area contributed by atoms with Crippen molar-refractivity contribution in [1.29, 1.82) is 0 Å². The van der Waals surface area contributed by atoms with Crippen LogP contribution in [0.5, 0.6) is 0 Å². The molecule has 0 radical (unpaired) electrons. The molecule has 0 aromatic rings. The second-order valence-electron chi connectivity index (χ2n) is 7.43. The van der Waals surface area contributed by atoms with Gasteiger partial charge in [0.15, 0.2) is 5.96 Å². The van der Waals surface area contributed by atoms with Crippen LogP contribution in [0.25, 0.3) is 0 Å². The lowest BCUT2D eigenvalue weighted by atomic mass is 10.2. The molecule has 0 spiro atoms. The van der Waals surface area contributed by atoms with Crippen LogP contribution >= 0.6 is 0 Å². The molecule has 0 saturated carbocycles. The molecule has 1 atom stereocenters. The average molecular weight is 393 g/mol. The molecular formula is C17H36N4O4S. The quantitative estimate of drug-likeness (QED) is 0.457. The smallest absolute Gasteiger partial charge is 0.410 e. The molecule has 1 unspecified atom stereocenters. The van der Waals surface area contributed by atoms with Crippen molar-refractivity contribution >= 4 is 21.9 Å². The van der Waals surface area contributed by atoms with E-state index in [1.165, 1.54) is 6.26 Å². The second-order valence-corrected chi connectivity index (χ2v) is 9.69. The molecule has 0 aliphatic rings. The van der Waals surface area contributed by atoms with Crippen LogP contribution in [-0.2, 0) is 14.6 Å². The summed E-state index contributed by atoms with van der Waals surface area (Å²) >= 11 is 0. The molecule has 26 heavy (non-hydrogen) atoms. The standard InChI is InChI=1S/C17H36N4O4S/c1-8-11-21(16(22)25-17(3,4)5)12-10-19-15(18-6)20-14(2)9-13-26(7,23)24/h14H,8-13H2,1-7H3,(H2,18,19,20). The van der Waals surface area contributed by atoms with Crippen molar-refractivity contribution in [3.63, 3.8) is 0 Å². The Morgan fingerprint density at radius 1 is 1.27 bits per heavy atom. The minimum Gasteiger partial charge on any atom is -0.444 e. The number of sulfone groups is 1. The monoisotopic (exact) mass is 392 g/mol. The summed E-state index contributed by atoms with van der Waals surface area (Å²) in [6.07, 6.45) is 2.24. The molecule has 0 fully saturated rings. The van der Waals surface area contributed by atoms with Gasteiger partial charge in [-0.1, -0.05) is 6.92 Å². The summed E-state index contributed by atoms with van der Waals surface area (Å²) in [5.74, 6) is 0.702. The normalized spacial score (nSPS) is 13.9. The van der Waals surface area contributed by atoms with Crippen molar-refractivity contribution in [2.24, 2.45) is 4.99 Å². The number of guanidine groups is 1. The number of aliphatic imine (C=N–C) groups is 1. The summed E-state index contributed by atoms with van der Waals surface area (Å²) in [5, 5.41) is 6.30. The van der Waals surface area contributed by atoms with Crippen LogP contribution in [0.4, 0.5) is 4.79 Å². The van der Waals surface area contributed by atoms with E-state index >= 15 is 0 Å². The maximum atomic E-state index is 12.2. The van der Waals surface area contributed by atoms with Crippen molar-refractivity contribution in [2.45, 2.75) is 59.1 Å². The van der Waals surface area contributed by atoms with Crippen LogP contribution in [0.1, 0.15) is 47.5 Å². The SMILES string of the molecule is CCCN(CCNC(=NC)NC(C)CCS(C)(=O)=O)C(=O)OC(C)(C)C. The number of amides is 1. The summed E-state index contributed by atoms with van der Waals surface area (Å²) in [7, 11) is -1.33. The highest BCUT2D eigenvalue weighted by Gasteiger charge is 2.21. The Bertz CT molecular complexity index is 556. The summed E-state index contributed by atoms with van der Waals surface area (Å²) < 4.78 is 27.9. The Morgan fingerprint density at radius 3 is 2.35 bits per heavy atom. The fourth-order valence-electron chi connectivity index (χ4n) is 2.09. The van der Waals surface area contributed by atoms with E-state index in [1.54, 1.807) is 11.9 Å². The largest absolute Gasteiger partial charge is 0.444 e. The molecule has 154 valence electrons. The van der Waals surface area contributed by atoms with Crippen LogP contribution in [0.3, 0.4) is 0 Å². The molecule has 0 heterocycles. The van der Waals surface area contributed by atoms with Gasteiger partial charge >= 0.3 is 6.09 Å². The van der Waals surface area contributed by atoms with Gasteiger partial charge in [0.1, 0.15) is 15.4 Å². The minimum atomic E-state index is -2.98. The molecule has 0 aliphatic heterocycles. The fourth-order valence-corrected chi connectivity index (χ4v) is 2.87. The topological polar surface area (TPSA) is 100 Å².